The lowest BCUT2D eigenvalue weighted by atomic mass is 9.97. The van der Waals surface area contributed by atoms with E-state index < -0.39 is 0 Å². The van der Waals surface area contributed by atoms with Crippen molar-refractivity contribution in [1.29, 1.82) is 0 Å². The van der Waals surface area contributed by atoms with E-state index in [9.17, 15) is 15.3 Å². The zero-order valence-electron chi connectivity index (χ0n) is 17.4. The van der Waals surface area contributed by atoms with Gasteiger partial charge in [-0.1, -0.05) is 58.2 Å². The third-order valence-electron chi connectivity index (χ3n) is 5.09. The van der Waals surface area contributed by atoms with Gasteiger partial charge in [0.05, 0.1) is 6.61 Å². The molecule has 0 aliphatic rings. The Labute approximate surface area is 168 Å². The highest BCUT2D eigenvalue weighted by atomic mass is 16.5. The van der Waals surface area contributed by atoms with Crippen LogP contribution in [0, 0.1) is 0 Å². The maximum absolute atomic E-state index is 10.2. The molecule has 0 aliphatic heterocycles. The summed E-state index contributed by atoms with van der Waals surface area (Å²) in [6.07, 6.45) is 6.52. The van der Waals surface area contributed by atoms with Gasteiger partial charge in [-0.3, -0.25) is 0 Å². The molecule has 2 aromatic carbocycles. The number of rotatable bonds is 11. The first kappa shape index (κ1) is 21.9. The van der Waals surface area contributed by atoms with Crippen molar-refractivity contribution in [3.8, 4) is 23.0 Å². The second kappa shape index (κ2) is 10.8. The van der Waals surface area contributed by atoms with Crippen LogP contribution in [-0.4, -0.2) is 21.9 Å². The van der Waals surface area contributed by atoms with Gasteiger partial charge in [0, 0.05) is 11.1 Å². The van der Waals surface area contributed by atoms with Crippen LogP contribution in [-0.2, 0) is 12.8 Å². The van der Waals surface area contributed by atoms with Gasteiger partial charge in [-0.2, -0.15) is 0 Å². The summed E-state index contributed by atoms with van der Waals surface area (Å²) in [5.74, 6) is 1.33. The number of phenolic OH excluding ortho intramolecular Hbond substituents is 3. The van der Waals surface area contributed by atoms with Gasteiger partial charge in [0.15, 0.2) is 11.5 Å². The molecule has 0 fully saturated rings. The average molecular weight is 387 g/mol. The van der Waals surface area contributed by atoms with Gasteiger partial charge in [0.1, 0.15) is 11.5 Å². The molecule has 0 bridgehead atoms. The molecule has 0 heterocycles. The third kappa shape index (κ3) is 5.82. The van der Waals surface area contributed by atoms with Crippen molar-refractivity contribution in [3.63, 3.8) is 0 Å². The van der Waals surface area contributed by atoms with Crippen molar-refractivity contribution >= 4 is 0 Å². The van der Waals surface area contributed by atoms with Crippen molar-refractivity contribution in [2.24, 2.45) is 0 Å². The Morgan fingerprint density at radius 1 is 0.857 bits per heavy atom. The molecule has 154 valence electrons. The zero-order chi connectivity index (χ0) is 20.5. The number of phenols is 3. The summed E-state index contributed by atoms with van der Waals surface area (Å²) < 4.78 is 5.87. The maximum Gasteiger partial charge on any atom is 0.161 e. The molecule has 0 aromatic heterocycles. The van der Waals surface area contributed by atoms with E-state index in [0.717, 1.165) is 67.4 Å². The highest BCUT2D eigenvalue weighted by Gasteiger charge is 2.13. The van der Waals surface area contributed by atoms with Crippen LogP contribution in [0.4, 0.5) is 0 Å². The summed E-state index contributed by atoms with van der Waals surface area (Å²) in [6.45, 7) is 6.72. The Balaban J connectivity index is 1.72. The lowest BCUT2D eigenvalue weighted by molar-refractivity contribution is 0.299. The number of aryl methyl sites for hydroxylation is 1. The van der Waals surface area contributed by atoms with Gasteiger partial charge in [-0.05, 0) is 49.3 Å². The number of benzene rings is 2. The van der Waals surface area contributed by atoms with E-state index in [-0.39, 0.29) is 17.4 Å². The molecule has 0 atom stereocenters. The predicted octanol–water partition coefficient (Wildman–Crippen LogP) is 6.06. The van der Waals surface area contributed by atoms with E-state index in [2.05, 4.69) is 6.92 Å². The van der Waals surface area contributed by atoms with E-state index in [1.54, 1.807) is 6.07 Å². The summed E-state index contributed by atoms with van der Waals surface area (Å²) in [4.78, 5) is 0. The van der Waals surface area contributed by atoms with E-state index in [1.807, 2.05) is 38.1 Å². The first-order valence-corrected chi connectivity index (χ1v) is 10.4. The average Bonchev–Trinajstić information content (AvgIpc) is 2.66. The maximum atomic E-state index is 10.2. The molecule has 0 saturated heterocycles. The minimum atomic E-state index is 0.0231. The van der Waals surface area contributed by atoms with Crippen molar-refractivity contribution in [2.45, 2.75) is 71.6 Å². The number of ether oxygens (including phenoxy) is 1. The standard InChI is InChI=1S/C24H34O4/c1-4-10-20-21(25)12-9-13-22(20)28-16-8-6-5-7-11-18-14-15-19(17(2)3)24(27)23(18)26/h9,12-15,17,25-27H,4-8,10-11,16H2,1-3H3. The van der Waals surface area contributed by atoms with Gasteiger partial charge >= 0.3 is 0 Å². The topological polar surface area (TPSA) is 69.9 Å². The van der Waals surface area contributed by atoms with Crippen molar-refractivity contribution < 1.29 is 20.1 Å². The van der Waals surface area contributed by atoms with Crippen LogP contribution in [0.3, 0.4) is 0 Å². The first-order chi connectivity index (χ1) is 13.5. The van der Waals surface area contributed by atoms with Crippen LogP contribution < -0.4 is 4.74 Å². The quantitative estimate of drug-likeness (QED) is 0.324. The highest BCUT2D eigenvalue weighted by molar-refractivity contribution is 5.51. The van der Waals surface area contributed by atoms with Crippen LogP contribution in [0.25, 0.3) is 0 Å². The van der Waals surface area contributed by atoms with Gasteiger partial charge in [0.25, 0.3) is 0 Å². The lowest BCUT2D eigenvalue weighted by Gasteiger charge is -2.13. The fourth-order valence-corrected chi connectivity index (χ4v) is 3.45. The number of hydrogen-bond acceptors (Lipinski definition) is 4. The van der Waals surface area contributed by atoms with Crippen molar-refractivity contribution in [3.05, 3.63) is 47.0 Å². The normalized spacial score (nSPS) is 11.1. The fourth-order valence-electron chi connectivity index (χ4n) is 3.45. The highest BCUT2D eigenvalue weighted by Crippen LogP contribution is 2.37. The molecule has 4 heteroatoms. The van der Waals surface area contributed by atoms with Gasteiger partial charge in [0.2, 0.25) is 0 Å². The van der Waals surface area contributed by atoms with Crippen LogP contribution in [0.15, 0.2) is 30.3 Å². The third-order valence-corrected chi connectivity index (χ3v) is 5.09. The van der Waals surface area contributed by atoms with E-state index in [0.29, 0.717) is 12.4 Å². The van der Waals surface area contributed by atoms with Gasteiger partial charge in [-0.15, -0.1) is 0 Å². The fraction of sp³-hybridized carbons (Fsp3) is 0.500. The molecule has 2 aromatic rings. The summed E-state index contributed by atoms with van der Waals surface area (Å²) in [6, 6.07) is 9.27. The minimum Gasteiger partial charge on any atom is -0.508 e. The van der Waals surface area contributed by atoms with Crippen LogP contribution in [0.1, 0.15) is 75.5 Å². The van der Waals surface area contributed by atoms with Crippen LogP contribution >= 0.6 is 0 Å². The van der Waals surface area contributed by atoms with E-state index >= 15 is 0 Å². The lowest BCUT2D eigenvalue weighted by Crippen LogP contribution is -2.01. The largest absolute Gasteiger partial charge is 0.508 e. The van der Waals surface area contributed by atoms with Crippen LogP contribution in [0.2, 0.25) is 0 Å². The Morgan fingerprint density at radius 3 is 2.32 bits per heavy atom. The number of hydrogen-bond donors (Lipinski definition) is 3. The summed E-state index contributed by atoms with van der Waals surface area (Å²) in [7, 11) is 0. The van der Waals surface area contributed by atoms with Gasteiger partial charge in [-0.25, -0.2) is 0 Å². The minimum absolute atomic E-state index is 0.0231. The molecule has 0 aliphatic carbocycles. The monoisotopic (exact) mass is 386 g/mol. The molecule has 0 saturated carbocycles. The summed E-state index contributed by atoms with van der Waals surface area (Å²) in [5, 5.41) is 30.3. The molecule has 0 spiro atoms. The molecule has 28 heavy (non-hydrogen) atoms. The Bertz CT molecular complexity index is 753. The number of aromatic hydroxyl groups is 3. The molecule has 0 radical (unpaired) electrons. The second-order valence-electron chi connectivity index (χ2n) is 7.68. The molecule has 3 N–H and O–H groups in total. The summed E-state index contributed by atoms with van der Waals surface area (Å²) >= 11 is 0. The first-order valence-electron chi connectivity index (χ1n) is 10.4. The van der Waals surface area contributed by atoms with E-state index in [4.69, 9.17) is 4.74 Å². The van der Waals surface area contributed by atoms with Crippen molar-refractivity contribution in [1.82, 2.24) is 0 Å². The van der Waals surface area contributed by atoms with Crippen molar-refractivity contribution in [2.75, 3.05) is 6.61 Å². The zero-order valence-corrected chi connectivity index (χ0v) is 17.4. The molecule has 2 rings (SSSR count). The summed E-state index contributed by atoms with van der Waals surface area (Å²) in [5.41, 5.74) is 2.49. The second-order valence-corrected chi connectivity index (χ2v) is 7.68. The van der Waals surface area contributed by atoms with Gasteiger partial charge < -0.3 is 20.1 Å². The Hall–Kier alpha value is -2.36. The number of unbranched alkanes of at least 4 members (excludes halogenated alkanes) is 3. The smallest absolute Gasteiger partial charge is 0.161 e. The van der Waals surface area contributed by atoms with E-state index in [1.165, 1.54) is 0 Å². The molecule has 0 amide bonds. The Kier molecular flexibility index (Phi) is 8.49. The Morgan fingerprint density at radius 2 is 1.61 bits per heavy atom. The molecule has 0 unspecified atom stereocenters. The predicted molar refractivity (Wildman–Crippen MR) is 114 cm³/mol. The molecular weight excluding hydrogens is 352 g/mol. The van der Waals surface area contributed by atoms with Crippen LogP contribution in [0.5, 0.6) is 23.0 Å². The SMILES string of the molecule is CCCc1c(O)cccc1OCCCCCCc1ccc(C(C)C)c(O)c1O. The molecular formula is C24H34O4. The molecule has 4 nitrogen and oxygen atoms in total.